The van der Waals surface area contributed by atoms with E-state index >= 15 is 0 Å². The molecule has 2 heterocycles. The largest absolute Gasteiger partial charge is 0.388 e. The van der Waals surface area contributed by atoms with Gasteiger partial charge in [0.2, 0.25) is 11.8 Å². The third-order valence-corrected chi connectivity index (χ3v) is 9.57. The summed E-state index contributed by atoms with van der Waals surface area (Å²) in [5.41, 5.74) is 1.53. The number of aliphatic hydroxyl groups excluding tert-OH is 2. The van der Waals surface area contributed by atoms with Crippen molar-refractivity contribution in [3.63, 3.8) is 0 Å². The highest BCUT2D eigenvalue weighted by atomic mass is 16.3. The van der Waals surface area contributed by atoms with E-state index in [2.05, 4.69) is 41.2 Å². The van der Waals surface area contributed by atoms with E-state index < -0.39 is 60.3 Å². The van der Waals surface area contributed by atoms with Gasteiger partial charge in [0.15, 0.2) is 0 Å². The molecular weight excluding hydrogens is 741 g/mol. The molecule has 4 rings (SSSR count). The Kier molecular flexibility index (Phi) is 17.0. The van der Waals surface area contributed by atoms with Crippen LogP contribution in [0.25, 0.3) is 0 Å². The van der Waals surface area contributed by atoms with E-state index in [0.29, 0.717) is 11.6 Å². The van der Waals surface area contributed by atoms with Gasteiger partial charge in [0.05, 0.1) is 25.2 Å². The maximum atomic E-state index is 14.0. The number of hydrogen-bond donors (Lipinski definition) is 6. The zero-order valence-corrected chi connectivity index (χ0v) is 33.9. The summed E-state index contributed by atoms with van der Waals surface area (Å²) in [5, 5.41) is 35.4. The standard InChI is InChI=1S/C42H56N10O6/c1-27(2)35(49-41(57)51(5)25-33-43-19-13-20-44-33)39(55)47-31(23-29-15-9-7-10-16-29)37(53)38(54)32(24-30-17-11-8-12-18-30)48-40(56)36(28(3)4)50-42(58)52(6)26-34-45-21-14-22-46-34/h7-22,27-28,31-32,35-38,53-54H,23-26H2,1-6H3,(H,47,55)(H,48,56)(H,49,57)(H,50,58)/t31-,32-,35-,36-,37-,38+/m0/s1. The average Bonchev–Trinajstić information content (AvgIpc) is 3.21. The summed E-state index contributed by atoms with van der Waals surface area (Å²) in [7, 11) is 3.13. The molecule has 0 bridgehead atoms. The molecule has 0 aliphatic rings. The smallest absolute Gasteiger partial charge is 0.318 e. The van der Waals surface area contributed by atoms with Crippen molar-refractivity contribution in [2.45, 2.75) is 90.0 Å². The minimum absolute atomic E-state index is 0.107. The van der Waals surface area contributed by atoms with Gasteiger partial charge in [-0.2, -0.15) is 0 Å². The Labute approximate surface area is 339 Å². The number of aliphatic hydroxyl groups is 2. The Hall–Kier alpha value is -6.00. The highest BCUT2D eigenvalue weighted by molar-refractivity contribution is 5.88. The van der Waals surface area contributed by atoms with E-state index in [1.54, 1.807) is 78.7 Å². The maximum absolute atomic E-state index is 14.0. The van der Waals surface area contributed by atoms with Crippen molar-refractivity contribution < 1.29 is 29.4 Å². The normalized spacial score (nSPS) is 14.3. The van der Waals surface area contributed by atoms with Gasteiger partial charge in [-0.25, -0.2) is 29.5 Å². The number of benzene rings is 2. The lowest BCUT2D eigenvalue weighted by Gasteiger charge is -2.35. The maximum Gasteiger partial charge on any atom is 0.318 e. The number of urea groups is 2. The molecule has 6 atom stereocenters. The molecule has 0 aliphatic carbocycles. The Bertz CT molecular complexity index is 1740. The molecule has 0 saturated heterocycles. The molecule has 58 heavy (non-hydrogen) atoms. The summed E-state index contributed by atoms with van der Waals surface area (Å²) in [4.78, 5) is 73.9. The third kappa shape index (κ3) is 13.6. The first-order chi connectivity index (χ1) is 27.7. The van der Waals surface area contributed by atoms with Crippen LogP contribution < -0.4 is 21.3 Å². The van der Waals surface area contributed by atoms with Crippen LogP contribution in [0.15, 0.2) is 97.6 Å². The molecule has 4 aromatic rings. The molecule has 16 nitrogen and oxygen atoms in total. The molecule has 0 fully saturated rings. The lowest BCUT2D eigenvalue weighted by atomic mass is 9.90. The van der Waals surface area contributed by atoms with E-state index in [0.717, 1.165) is 11.1 Å². The lowest BCUT2D eigenvalue weighted by molar-refractivity contribution is -0.129. The van der Waals surface area contributed by atoms with E-state index in [9.17, 15) is 29.4 Å². The average molecular weight is 797 g/mol. The lowest BCUT2D eigenvalue weighted by Crippen LogP contribution is -2.62. The summed E-state index contributed by atoms with van der Waals surface area (Å²) < 4.78 is 0. The zero-order chi connectivity index (χ0) is 42.2. The summed E-state index contributed by atoms with van der Waals surface area (Å²) >= 11 is 0. The minimum atomic E-state index is -1.61. The molecule has 16 heteroatoms. The van der Waals surface area contributed by atoms with Crippen LogP contribution in [0.3, 0.4) is 0 Å². The molecule has 0 radical (unpaired) electrons. The zero-order valence-electron chi connectivity index (χ0n) is 33.9. The highest BCUT2D eigenvalue weighted by Crippen LogP contribution is 2.17. The van der Waals surface area contributed by atoms with Crippen molar-refractivity contribution >= 4 is 23.9 Å². The summed E-state index contributed by atoms with van der Waals surface area (Å²) in [5.74, 6) is -1.02. The molecule has 2 aromatic heterocycles. The van der Waals surface area contributed by atoms with Crippen LogP contribution in [-0.2, 0) is 35.5 Å². The van der Waals surface area contributed by atoms with Crippen LogP contribution in [0.5, 0.6) is 0 Å². The first-order valence-corrected chi connectivity index (χ1v) is 19.3. The van der Waals surface area contributed by atoms with Crippen molar-refractivity contribution in [3.8, 4) is 0 Å². The second-order valence-corrected chi connectivity index (χ2v) is 15.0. The van der Waals surface area contributed by atoms with Crippen molar-refractivity contribution in [2.24, 2.45) is 11.8 Å². The van der Waals surface area contributed by atoms with Gasteiger partial charge in [-0.1, -0.05) is 88.4 Å². The molecule has 0 saturated carbocycles. The van der Waals surface area contributed by atoms with Crippen molar-refractivity contribution in [1.29, 1.82) is 0 Å². The van der Waals surface area contributed by atoms with E-state index in [1.165, 1.54) is 9.80 Å². The highest BCUT2D eigenvalue weighted by Gasteiger charge is 2.38. The van der Waals surface area contributed by atoms with Gasteiger partial charge in [0.1, 0.15) is 35.9 Å². The van der Waals surface area contributed by atoms with E-state index in [1.807, 2.05) is 60.7 Å². The van der Waals surface area contributed by atoms with Crippen LogP contribution in [0, 0.1) is 11.8 Å². The third-order valence-electron chi connectivity index (χ3n) is 9.57. The number of aromatic nitrogens is 4. The molecule has 2 aromatic carbocycles. The van der Waals surface area contributed by atoms with Gasteiger partial charge < -0.3 is 41.3 Å². The quantitative estimate of drug-likeness (QED) is 0.0816. The van der Waals surface area contributed by atoms with Crippen molar-refractivity contribution in [3.05, 3.63) is 120 Å². The fourth-order valence-electron chi connectivity index (χ4n) is 6.22. The Morgan fingerprint density at radius 1 is 0.534 bits per heavy atom. The van der Waals surface area contributed by atoms with Gasteiger partial charge >= 0.3 is 12.1 Å². The summed E-state index contributed by atoms with van der Waals surface area (Å²) in [6.45, 7) is 7.34. The van der Waals surface area contributed by atoms with Crippen LogP contribution >= 0.6 is 0 Å². The molecule has 6 N–H and O–H groups in total. The molecule has 6 amide bonds. The first kappa shape index (κ1) is 44.7. The van der Waals surface area contributed by atoms with Crippen molar-refractivity contribution in [2.75, 3.05) is 14.1 Å². The second-order valence-electron chi connectivity index (χ2n) is 15.0. The van der Waals surface area contributed by atoms with Crippen LogP contribution in [0.4, 0.5) is 9.59 Å². The van der Waals surface area contributed by atoms with Gasteiger partial charge in [-0.3, -0.25) is 9.59 Å². The summed E-state index contributed by atoms with van der Waals surface area (Å²) in [6.07, 6.45) is 3.31. The molecular formula is C42H56N10O6. The molecule has 0 unspecified atom stereocenters. The SMILES string of the molecule is CC(C)[C@H](NC(=O)N(C)Cc1ncccn1)C(=O)N[C@@H](Cc1ccccc1)[C@H](O)[C@H](O)[C@H](Cc1ccccc1)NC(=O)[C@@H](NC(=O)N(C)Cc1ncccn1)C(C)C. The van der Waals surface area contributed by atoms with Gasteiger partial charge in [0, 0.05) is 38.9 Å². The monoisotopic (exact) mass is 796 g/mol. The van der Waals surface area contributed by atoms with Gasteiger partial charge in [-0.05, 0) is 47.9 Å². The van der Waals surface area contributed by atoms with Crippen LogP contribution in [0.2, 0.25) is 0 Å². The van der Waals surface area contributed by atoms with Crippen molar-refractivity contribution in [1.82, 2.24) is 51.0 Å². The number of carbonyl (C=O) groups excluding carboxylic acids is 4. The van der Waals surface area contributed by atoms with E-state index in [-0.39, 0.29) is 37.8 Å². The van der Waals surface area contributed by atoms with E-state index in [4.69, 9.17) is 0 Å². The Morgan fingerprint density at radius 3 is 1.17 bits per heavy atom. The number of carbonyl (C=O) groups is 4. The molecule has 0 spiro atoms. The topological polar surface area (TPSA) is 215 Å². The number of amides is 6. The number of nitrogens with zero attached hydrogens (tertiary/aromatic N) is 6. The number of rotatable bonds is 19. The van der Waals surface area contributed by atoms with Crippen LogP contribution in [-0.4, -0.2) is 114 Å². The number of hydrogen-bond acceptors (Lipinski definition) is 10. The fraction of sp³-hybridized carbons (Fsp3) is 0.429. The van der Waals surface area contributed by atoms with Crippen LogP contribution in [0.1, 0.15) is 50.5 Å². The Morgan fingerprint density at radius 2 is 0.862 bits per heavy atom. The molecule has 310 valence electrons. The first-order valence-electron chi connectivity index (χ1n) is 19.3. The number of nitrogens with one attached hydrogen (secondary N) is 4. The second kappa shape index (κ2) is 22.1. The fourth-order valence-corrected chi connectivity index (χ4v) is 6.22. The van der Waals surface area contributed by atoms with Gasteiger partial charge in [-0.15, -0.1) is 0 Å². The Balaban J connectivity index is 1.56. The molecule has 0 aliphatic heterocycles. The predicted octanol–water partition coefficient (Wildman–Crippen LogP) is 2.48. The summed E-state index contributed by atoms with van der Waals surface area (Å²) in [6, 6.07) is 16.4. The minimum Gasteiger partial charge on any atom is -0.388 e. The predicted molar refractivity (Wildman–Crippen MR) is 217 cm³/mol. The van der Waals surface area contributed by atoms with Gasteiger partial charge in [0.25, 0.3) is 0 Å².